The van der Waals surface area contributed by atoms with Gasteiger partial charge in [-0.25, -0.2) is 0 Å². The molecule has 4 aromatic carbocycles. The second kappa shape index (κ2) is 15.6. The molecule has 0 spiro atoms. The molecule has 270 valence electrons. The average Bonchev–Trinajstić information content (AvgIpc) is 3.51. The standard InChI is InChI=1S/C39H41Cl2F3N4O3/c1-25(2)51-34-23-30(39(42,43)44)11-16-33(34)38(37(50)29-5-3-26(4-6-29)24-48-19-17-47(18-20-48)21-22-49)45-35(27-7-12-31(40)13-8-27)36(46-38)28-9-14-32(41)15-10-28/h3-16,23,25,35-36,45-46,49H,17-22,24H2,1-2H3. The largest absolute Gasteiger partial charge is 0.491 e. The van der Waals surface area contributed by atoms with Crippen molar-refractivity contribution < 1.29 is 27.8 Å². The predicted octanol–water partition coefficient (Wildman–Crippen LogP) is 7.62. The van der Waals surface area contributed by atoms with Crippen LogP contribution >= 0.6 is 23.2 Å². The number of nitrogens with one attached hydrogen (secondary N) is 2. The number of carbonyl (C=O) groups excluding carboxylic acids is 1. The zero-order chi connectivity index (χ0) is 36.3. The molecule has 2 fully saturated rings. The van der Waals surface area contributed by atoms with E-state index < -0.39 is 35.6 Å². The van der Waals surface area contributed by atoms with Gasteiger partial charge in [0.25, 0.3) is 0 Å². The molecule has 6 rings (SSSR count). The average molecular weight is 742 g/mol. The van der Waals surface area contributed by atoms with E-state index in [4.69, 9.17) is 27.9 Å². The number of β-amino-alcohol motifs (C(OH)–C–C–N with tert-alkyl or cyclic N) is 1. The lowest BCUT2D eigenvalue weighted by atomic mass is 9.88. The van der Waals surface area contributed by atoms with Crippen molar-refractivity contribution in [2.24, 2.45) is 0 Å². The molecule has 2 unspecified atom stereocenters. The highest BCUT2D eigenvalue weighted by Crippen LogP contribution is 2.46. The highest BCUT2D eigenvalue weighted by atomic mass is 35.5. The van der Waals surface area contributed by atoms with Crippen LogP contribution in [0.3, 0.4) is 0 Å². The normalized spacial score (nSPS) is 21.7. The quantitative estimate of drug-likeness (QED) is 0.137. The molecule has 0 radical (unpaired) electrons. The lowest BCUT2D eigenvalue weighted by Crippen LogP contribution is -2.53. The van der Waals surface area contributed by atoms with Gasteiger partial charge in [0, 0.05) is 60.4 Å². The molecule has 0 aliphatic carbocycles. The Bertz CT molecular complexity index is 1740. The molecule has 51 heavy (non-hydrogen) atoms. The van der Waals surface area contributed by atoms with Crippen molar-refractivity contribution in [2.75, 3.05) is 39.3 Å². The molecule has 4 aromatic rings. The monoisotopic (exact) mass is 740 g/mol. The molecule has 2 aliphatic rings. The Morgan fingerprint density at radius 2 is 1.37 bits per heavy atom. The van der Waals surface area contributed by atoms with Gasteiger partial charge in [0.1, 0.15) is 5.75 Å². The third-order valence-electron chi connectivity index (χ3n) is 9.46. The topological polar surface area (TPSA) is 77.1 Å². The number of ketones is 1. The molecule has 2 aliphatic heterocycles. The van der Waals surface area contributed by atoms with Crippen LogP contribution in [-0.4, -0.2) is 66.1 Å². The van der Waals surface area contributed by atoms with Gasteiger partial charge < -0.3 is 9.84 Å². The summed E-state index contributed by atoms with van der Waals surface area (Å²) in [7, 11) is 0. The smallest absolute Gasteiger partial charge is 0.416 e. The molecule has 0 bridgehead atoms. The van der Waals surface area contributed by atoms with Gasteiger partial charge in [-0.1, -0.05) is 77.8 Å². The van der Waals surface area contributed by atoms with Crippen LogP contribution in [0, 0.1) is 0 Å². The highest BCUT2D eigenvalue weighted by Gasteiger charge is 2.53. The van der Waals surface area contributed by atoms with E-state index in [9.17, 15) is 18.3 Å². The maximum Gasteiger partial charge on any atom is 0.416 e. The first kappa shape index (κ1) is 37.3. The first-order valence-corrected chi connectivity index (χ1v) is 17.8. The minimum atomic E-state index is -4.62. The van der Waals surface area contributed by atoms with Gasteiger partial charge in [0.05, 0.1) is 30.4 Å². The predicted molar refractivity (Wildman–Crippen MR) is 193 cm³/mol. The van der Waals surface area contributed by atoms with Crippen molar-refractivity contribution in [1.29, 1.82) is 0 Å². The van der Waals surface area contributed by atoms with E-state index >= 15 is 4.79 Å². The number of hydrogen-bond donors (Lipinski definition) is 3. The van der Waals surface area contributed by atoms with E-state index in [1.165, 1.54) is 6.07 Å². The van der Waals surface area contributed by atoms with Crippen LogP contribution in [0.4, 0.5) is 13.2 Å². The van der Waals surface area contributed by atoms with Gasteiger partial charge in [-0.2, -0.15) is 13.2 Å². The van der Waals surface area contributed by atoms with E-state index in [0.717, 1.165) is 55.0 Å². The van der Waals surface area contributed by atoms with Crippen LogP contribution in [0.1, 0.15) is 64.1 Å². The van der Waals surface area contributed by atoms with Crippen molar-refractivity contribution in [2.45, 2.75) is 50.4 Å². The molecule has 3 N–H and O–H groups in total. The zero-order valence-corrected chi connectivity index (χ0v) is 29.9. The maximum atomic E-state index is 15.1. The summed E-state index contributed by atoms with van der Waals surface area (Å²) >= 11 is 12.5. The minimum absolute atomic E-state index is 0.0586. The Hall–Kier alpha value is -3.48. The van der Waals surface area contributed by atoms with Crippen LogP contribution in [0.15, 0.2) is 91.0 Å². The number of hydrogen-bond acceptors (Lipinski definition) is 7. The van der Waals surface area contributed by atoms with Crippen molar-refractivity contribution in [3.05, 3.63) is 134 Å². The molecule has 7 nitrogen and oxygen atoms in total. The zero-order valence-electron chi connectivity index (χ0n) is 28.4. The van der Waals surface area contributed by atoms with Gasteiger partial charge in [-0.3, -0.25) is 25.2 Å². The number of aliphatic hydroxyl groups is 1. The number of benzene rings is 4. The van der Waals surface area contributed by atoms with Gasteiger partial charge in [-0.15, -0.1) is 0 Å². The summed E-state index contributed by atoms with van der Waals surface area (Å²) in [6, 6.07) is 24.1. The fourth-order valence-electron chi connectivity index (χ4n) is 6.88. The second-order valence-electron chi connectivity index (χ2n) is 13.3. The van der Waals surface area contributed by atoms with Gasteiger partial charge in [0.2, 0.25) is 5.78 Å². The number of carbonyl (C=O) groups is 1. The number of piperazine rings is 1. The third kappa shape index (κ3) is 8.44. The first-order chi connectivity index (χ1) is 24.4. The Morgan fingerprint density at radius 3 is 1.86 bits per heavy atom. The molecular formula is C39H41Cl2F3N4O3. The summed E-state index contributed by atoms with van der Waals surface area (Å²) in [5.41, 5.74) is 0.659. The van der Waals surface area contributed by atoms with E-state index in [-0.39, 0.29) is 23.7 Å². The number of halogens is 5. The number of aliphatic hydroxyl groups excluding tert-OH is 1. The summed E-state index contributed by atoms with van der Waals surface area (Å²) in [4.78, 5) is 19.6. The maximum absolute atomic E-state index is 15.1. The number of ether oxygens (including phenoxy) is 1. The number of Topliss-reactive ketones (excluding diaryl/α,β-unsaturated/α-hetero) is 1. The molecular weight excluding hydrogens is 700 g/mol. The van der Waals surface area contributed by atoms with Crippen molar-refractivity contribution in [3.8, 4) is 5.75 Å². The van der Waals surface area contributed by atoms with E-state index in [0.29, 0.717) is 28.7 Å². The van der Waals surface area contributed by atoms with Crippen molar-refractivity contribution in [1.82, 2.24) is 20.4 Å². The van der Waals surface area contributed by atoms with Gasteiger partial charge in [0.15, 0.2) is 5.66 Å². The summed E-state index contributed by atoms with van der Waals surface area (Å²) in [6.45, 7) is 8.42. The Morgan fingerprint density at radius 1 is 0.843 bits per heavy atom. The van der Waals surface area contributed by atoms with Crippen molar-refractivity contribution in [3.63, 3.8) is 0 Å². The molecule has 0 saturated carbocycles. The SMILES string of the molecule is CC(C)Oc1cc(C(F)(F)F)ccc1C1(C(=O)c2ccc(CN3CCN(CCO)CC3)cc2)NC(c2ccc(Cl)cc2)C(c2ccc(Cl)cc2)N1. The molecule has 12 heteroatoms. The summed E-state index contributed by atoms with van der Waals surface area (Å²) in [5, 5.41) is 17.5. The highest BCUT2D eigenvalue weighted by molar-refractivity contribution is 6.30. The number of nitrogens with zero attached hydrogens (tertiary/aromatic N) is 2. The summed E-state index contributed by atoms with van der Waals surface area (Å²) in [5.74, 6) is -0.438. The second-order valence-corrected chi connectivity index (χ2v) is 14.2. The third-order valence-corrected chi connectivity index (χ3v) is 9.96. The molecule has 0 aromatic heterocycles. The first-order valence-electron chi connectivity index (χ1n) is 17.0. The van der Waals surface area contributed by atoms with Crippen molar-refractivity contribution >= 4 is 29.0 Å². The van der Waals surface area contributed by atoms with Gasteiger partial charge in [-0.05, 0) is 66.9 Å². The Kier molecular flexibility index (Phi) is 11.4. The number of rotatable bonds is 11. The van der Waals surface area contributed by atoms with E-state index in [1.807, 2.05) is 36.4 Å². The van der Waals surface area contributed by atoms with Crippen LogP contribution in [0.5, 0.6) is 5.75 Å². The molecule has 2 saturated heterocycles. The minimum Gasteiger partial charge on any atom is -0.491 e. The van der Waals surface area contributed by atoms with Gasteiger partial charge >= 0.3 is 6.18 Å². The molecule has 2 atom stereocenters. The fraction of sp³-hybridized carbons (Fsp3) is 0.359. The Labute approximate surface area is 306 Å². The van der Waals surface area contributed by atoms with Crippen LogP contribution < -0.4 is 15.4 Å². The lowest BCUT2D eigenvalue weighted by molar-refractivity contribution is -0.137. The van der Waals surface area contributed by atoms with Crippen LogP contribution in [0.2, 0.25) is 10.0 Å². The summed E-state index contributed by atoms with van der Waals surface area (Å²) in [6.07, 6.45) is -5.11. The number of alkyl halides is 3. The lowest BCUT2D eigenvalue weighted by Gasteiger charge is -2.34. The van der Waals surface area contributed by atoms with Crippen LogP contribution in [-0.2, 0) is 18.4 Å². The molecule has 0 amide bonds. The van der Waals surface area contributed by atoms with E-state index in [2.05, 4.69) is 20.4 Å². The fourth-order valence-corrected chi connectivity index (χ4v) is 7.14. The van der Waals surface area contributed by atoms with Crippen LogP contribution in [0.25, 0.3) is 0 Å². The Balaban J connectivity index is 1.43. The summed E-state index contributed by atoms with van der Waals surface area (Å²) < 4.78 is 48.2. The molecule has 2 heterocycles. The van der Waals surface area contributed by atoms with E-state index in [1.54, 1.807) is 50.2 Å².